The van der Waals surface area contributed by atoms with Crippen LogP contribution in [0.4, 0.5) is 0 Å². The SMILES string of the molecule is CCCCOOc1nc(C)nc(P)n1. The molecule has 0 amide bonds. The molecule has 6 heteroatoms. The summed E-state index contributed by atoms with van der Waals surface area (Å²) in [5.74, 6) is 0.610. The number of unbranched alkanes of at least 4 members (excludes halogenated alkanes) is 1. The summed E-state index contributed by atoms with van der Waals surface area (Å²) in [6.45, 7) is 4.40. The van der Waals surface area contributed by atoms with Crippen LogP contribution in [0.15, 0.2) is 0 Å². The fourth-order valence-corrected chi connectivity index (χ4v) is 1.11. The molecule has 0 aliphatic carbocycles. The second kappa shape index (κ2) is 5.83. The number of hydrogen-bond acceptors (Lipinski definition) is 5. The fraction of sp³-hybridized carbons (Fsp3) is 0.625. The van der Waals surface area contributed by atoms with Crippen molar-refractivity contribution in [1.29, 1.82) is 0 Å². The lowest BCUT2D eigenvalue weighted by Gasteiger charge is -2.03. The molecule has 0 aromatic carbocycles. The average Bonchev–Trinajstić information content (AvgIpc) is 2.11. The lowest BCUT2D eigenvalue weighted by atomic mass is 10.4. The van der Waals surface area contributed by atoms with Crippen molar-refractivity contribution in [2.24, 2.45) is 0 Å². The van der Waals surface area contributed by atoms with E-state index in [2.05, 4.69) is 31.1 Å². The third kappa shape index (κ3) is 3.94. The molecule has 0 spiro atoms. The highest BCUT2D eigenvalue weighted by Gasteiger charge is 2.01. The molecule has 1 atom stereocenters. The molecule has 1 heterocycles. The first-order chi connectivity index (χ1) is 6.72. The highest BCUT2D eigenvalue weighted by Crippen LogP contribution is 2.01. The van der Waals surface area contributed by atoms with Gasteiger partial charge in [-0.15, -0.1) is 0 Å². The third-order valence-corrected chi connectivity index (χ3v) is 1.72. The van der Waals surface area contributed by atoms with Crippen LogP contribution in [-0.2, 0) is 4.89 Å². The Kier molecular flexibility index (Phi) is 4.70. The monoisotopic (exact) mass is 215 g/mol. The normalized spacial score (nSPS) is 10.2. The zero-order valence-corrected chi connectivity index (χ0v) is 9.51. The minimum absolute atomic E-state index is 0.207. The number of hydrogen-bond donors (Lipinski definition) is 0. The van der Waals surface area contributed by atoms with Crippen molar-refractivity contribution in [2.75, 3.05) is 6.61 Å². The Morgan fingerprint density at radius 3 is 2.71 bits per heavy atom. The van der Waals surface area contributed by atoms with Gasteiger partial charge >= 0.3 is 6.01 Å². The van der Waals surface area contributed by atoms with E-state index in [0.29, 0.717) is 18.0 Å². The molecule has 0 radical (unpaired) electrons. The van der Waals surface area contributed by atoms with Crippen LogP contribution >= 0.6 is 9.24 Å². The summed E-state index contributed by atoms with van der Waals surface area (Å²) in [4.78, 5) is 21.7. The van der Waals surface area contributed by atoms with Crippen LogP contribution in [0.5, 0.6) is 6.01 Å². The Bertz CT molecular complexity index is 276. The minimum Gasteiger partial charge on any atom is -0.295 e. The van der Waals surface area contributed by atoms with Gasteiger partial charge in [0.15, 0.2) is 5.57 Å². The Morgan fingerprint density at radius 1 is 1.29 bits per heavy atom. The summed E-state index contributed by atoms with van der Waals surface area (Å²) in [6.07, 6.45) is 2.02. The lowest BCUT2D eigenvalue weighted by Crippen LogP contribution is -2.11. The van der Waals surface area contributed by atoms with Crippen molar-refractivity contribution < 1.29 is 9.78 Å². The predicted molar refractivity (Wildman–Crippen MR) is 55.4 cm³/mol. The zero-order valence-electron chi connectivity index (χ0n) is 8.36. The van der Waals surface area contributed by atoms with Gasteiger partial charge in [-0.25, -0.2) is 4.98 Å². The van der Waals surface area contributed by atoms with Gasteiger partial charge in [0.2, 0.25) is 0 Å². The fourth-order valence-electron chi connectivity index (χ4n) is 0.812. The van der Waals surface area contributed by atoms with Gasteiger partial charge in [0.05, 0.1) is 6.61 Å². The van der Waals surface area contributed by atoms with E-state index in [4.69, 9.17) is 9.78 Å². The summed E-state index contributed by atoms with van der Waals surface area (Å²) in [7, 11) is 2.39. The van der Waals surface area contributed by atoms with Crippen LogP contribution in [0, 0.1) is 6.92 Å². The Morgan fingerprint density at radius 2 is 2.07 bits per heavy atom. The maximum Gasteiger partial charge on any atom is 0.357 e. The molecule has 0 saturated heterocycles. The summed E-state index contributed by atoms with van der Waals surface area (Å²) < 4.78 is 0. The van der Waals surface area contributed by atoms with E-state index in [1.165, 1.54) is 0 Å². The first kappa shape index (κ1) is 11.3. The molecule has 0 saturated carbocycles. The lowest BCUT2D eigenvalue weighted by molar-refractivity contribution is -0.213. The highest BCUT2D eigenvalue weighted by atomic mass is 31.0. The molecule has 0 fully saturated rings. The van der Waals surface area contributed by atoms with Gasteiger partial charge in [0, 0.05) is 0 Å². The van der Waals surface area contributed by atoms with Gasteiger partial charge in [-0.1, -0.05) is 22.6 Å². The molecule has 0 N–H and O–H groups in total. The van der Waals surface area contributed by atoms with Gasteiger partial charge in [-0.3, -0.25) is 4.89 Å². The Labute approximate surface area is 85.4 Å². The predicted octanol–water partition coefficient (Wildman–Crippen LogP) is 0.791. The van der Waals surface area contributed by atoms with Crippen LogP contribution in [0.25, 0.3) is 0 Å². The van der Waals surface area contributed by atoms with Crippen molar-refractivity contribution in [1.82, 2.24) is 15.0 Å². The number of rotatable bonds is 5. The summed E-state index contributed by atoms with van der Waals surface area (Å²) in [5, 5.41) is 0. The minimum atomic E-state index is 0.207. The maximum absolute atomic E-state index is 4.91. The van der Waals surface area contributed by atoms with E-state index >= 15 is 0 Å². The second-order valence-electron chi connectivity index (χ2n) is 2.78. The van der Waals surface area contributed by atoms with Crippen molar-refractivity contribution >= 4 is 14.8 Å². The zero-order chi connectivity index (χ0) is 10.4. The molecule has 14 heavy (non-hydrogen) atoms. The van der Waals surface area contributed by atoms with E-state index < -0.39 is 0 Å². The number of aryl methyl sites for hydroxylation is 1. The van der Waals surface area contributed by atoms with Crippen molar-refractivity contribution in [3.63, 3.8) is 0 Å². The van der Waals surface area contributed by atoms with E-state index in [1.54, 1.807) is 6.92 Å². The molecule has 5 nitrogen and oxygen atoms in total. The van der Waals surface area contributed by atoms with Crippen LogP contribution in [0.2, 0.25) is 0 Å². The van der Waals surface area contributed by atoms with Gasteiger partial charge in [0.25, 0.3) is 0 Å². The maximum atomic E-state index is 4.91. The van der Waals surface area contributed by atoms with Crippen LogP contribution in [0.3, 0.4) is 0 Å². The van der Waals surface area contributed by atoms with Crippen molar-refractivity contribution in [3.05, 3.63) is 5.82 Å². The summed E-state index contributed by atoms with van der Waals surface area (Å²) in [6, 6.07) is 0.207. The molecule has 1 unspecified atom stereocenters. The molecule has 1 aromatic rings. The standard InChI is InChI=1S/C8H14N3O2P/c1-3-4-5-12-13-7-9-6(2)10-8(14)11-7/h3-5,14H2,1-2H3. The molecule has 1 aromatic heterocycles. The first-order valence-corrected chi connectivity index (χ1v) is 5.07. The molecule has 0 bridgehead atoms. The van der Waals surface area contributed by atoms with Crippen LogP contribution in [0.1, 0.15) is 25.6 Å². The van der Waals surface area contributed by atoms with Gasteiger partial charge in [-0.05, 0) is 13.3 Å². The van der Waals surface area contributed by atoms with Gasteiger partial charge in [0.1, 0.15) is 5.82 Å². The molecular formula is C8H14N3O2P. The van der Waals surface area contributed by atoms with Crippen molar-refractivity contribution in [2.45, 2.75) is 26.7 Å². The molecular weight excluding hydrogens is 201 g/mol. The molecule has 78 valence electrons. The molecule has 0 aliphatic heterocycles. The Balaban J connectivity index is 2.42. The van der Waals surface area contributed by atoms with Crippen LogP contribution in [-0.4, -0.2) is 21.6 Å². The molecule has 0 aliphatic rings. The molecule has 1 rings (SSSR count). The topological polar surface area (TPSA) is 57.1 Å². The largest absolute Gasteiger partial charge is 0.357 e. The number of aromatic nitrogens is 3. The Hall–Kier alpha value is -0.800. The smallest absolute Gasteiger partial charge is 0.295 e. The van der Waals surface area contributed by atoms with E-state index in [1.807, 2.05) is 0 Å². The van der Waals surface area contributed by atoms with E-state index in [-0.39, 0.29) is 6.01 Å². The highest BCUT2D eigenvalue weighted by molar-refractivity contribution is 7.26. The van der Waals surface area contributed by atoms with Gasteiger partial charge < -0.3 is 0 Å². The van der Waals surface area contributed by atoms with E-state index in [9.17, 15) is 0 Å². The average molecular weight is 215 g/mol. The second-order valence-corrected chi connectivity index (χ2v) is 3.30. The first-order valence-electron chi connectivity index (χ1n) is 4.50. The van der Waals surface area contributed by atoms with Gasteiger partial charge in [-0.2, -0.15) is 14.9 Å². The number of nitrogens with zero attached hydrogens (tertiary/aromatic N) is 3. The quantitative estimate of drug-likeness (QED) is 0.314. The third-order valence-electron chi connectivity index (χ3n) is 1.46. The summed E-state index contributed by atoms with van der Waals surface area (Å²) in [5.41, 5.74) is 0.548. The van der Waals surface area contributed by atoms with Crippen molar-refractivity contribution in [3.8, 4) is 6.01 Å². The van der Waals surface area contributed by atoms with Crippen LogP contribution < -0.4 is 10.5 Å². The van der Waals surface area contributed by atoms with E-state index in [0.717, 1.165) is 12.8 Å². The summed E-state index contributed by atoms with van der Waals surface area (Å²) >= 11 is 0.